The lowest BCUT2D eigenvalue weighted by atomic mass is 10.3. The molecule has 0 aromatic heterocycles. The van der Waals surface area contributed by atoms with E-state index in [0.717, 1.165) is 0 Å². The third kappa shape index (κ3) is 10.9. The van der Waals surface area contributed by atoms with E-state index in [1.54, 1.807) is 33.0 Å². The zero-order valence-corrected chi connectivity index (χ0v) is 8.94. The molecule has 6 heteroatoms. The van der Waals surface area contributed by atoms with Crippen molar-refractivity contribution in [2.75, 3.05) is 27.7 Å². The first kappa shape index (κ1) is 15.3. The summed E-state index contributed by atoms with van der Waals surface area (Å²) in [6.45, 7) is 1.68. The third-order valence-corrected chi connectivity index (χ3v) is 1.46. The van der Waals surface area contributed by atoms with Gasteiger partial charge in [0.25, 0.3) is 0 Å². The van der Waals surface area contributed by atoms with E-state index in [1.165, 1.54) is 0 Å². The molecule has 0 aliphatic heterocycles. The van der Waals surface area contributed by atoms with Crippen molar-refractivity contribution < 1.29 is 19.8 Å². The van der Waals surface area contributed by atoms with Gasteiger partial charge in [0, 0.05) is 0 Å². The fraction of sp³-hybridized carbons (Fsp3) is 0.750. The van der Waals surface area contributed by atoms with E-state index >= 15 is 0 Å². The predicted molar refractivity (Wildman–Crippen MR) is 52.3 cm³/mol. The van der Waals surface area contributed by atoms with Crippen LogP contribution in [0.3, 0.4) is 0 Å². The van der Waals surface area contributed by atoms with E-state index in [9.17, 15) is 9.59 Å². The van der Waals surface area contributed by atoms with Crippen molar-refractivity contribution in [1.82, 2.24) is 10.2 Å². The average molecular weight is 206 g/mol. The highest BCUT2D eigenvalue weighted by Crippen LogP contribution is 1.88. The number of nitrogens with one attached hydrogen (secondary N) is 1. The quantitative estimate of drug-likeness (QED) is 0.564. The molecule has 0 rings (SSSR count). The molecular formula is C8H18N2O4. The Morgan fingerprint density at radius 3 is 1.79 bits per heavy atom. The summed E-state index contributed by atoms with van der Waals surface area (Å²) in [5.41, 5.74) is 0. The van der Waals surface area contributed by atoms with Gasteiger partial charge in [-0.05, 0) is 28.1 Å². The summed E-state index contributed by atoms with van der Waals surface area (Å²) >= 11 is 0. The van der Waals surface area contributed by atoms with Gasteiger partial charge in [0.1, 0.15) is 6.04 Å². The zero-order chi connectivity index (χ0) is 11.7. The van der Waals surface area contributed by atoms with Gasteiger partial charge < -0.3 is 15.5 Å². The summed E-state index contributed by atoms with van der Waals surface area (Å²) in [6.07, 6.45) is 0. The number of nitrogens with zero attached hydrogens (tertiary/aromatic N) is 1. The van der Waals surface area contributed by atoms with Crippen LogP contribution in [-0.4, -0.2) is 60.8 Å². The topological polar surface area (TPSA) is 89.9 Å². The molecule has 0 bridgehead atoms. The van der Waals surface area contributed by atoms with E-state index in [1.807, 2.05) is 0 Å². The number of hydrogen-bond acceptors (Lipinski definition) is 4. The number of hydrogen-bond donors (Lipinski definition) is 3. The Morgan fingerprint density at radius 1 is 1.36 bits per heavy atom. The standard InChI is InChI=1S/C5H11NO2.C3H7NO2/c1-4(5(7)8)6(2)3;1-4-2-3(5)6/h4H,1-3H3,(H,7,8);4H,2H2,1H3,(H,5,6). The lowest BCUT2D eigenvalue weighted by molar-refractivity contribution is -0.141. The predicted octanol–water partition coefficient (Wildman–Crippen LogP) is -0.688. The van der Waals surface area contributed by atoms with E-state index in [0.29, 0.717) is 0 Å². The molecule has 1 unspecified atom stereocenters. The highest BCUT2D eigenvalue weighted by molar-refractivity contribution is 5.72. The van der Waals surface area contributed by atoms with Crippen LogP contribution in [0.5, 0.6) is 0 Å². The highest BCUT2D eigenvalue weighted by Gasteiger charge is 2.11. The van der Waals surface area contributed by atoms with Crippen LogP contribution in [0.15, 0.2) is 0 Å². The van der Waals surface area contributed by atoms with Crippen molar-refractivity contribution in [2.24, 2.45) is 0 Å². The molecule has 14 heavy (non-hydrogen) atoms. The number of rotatable bonds is 4. The fourth-order valence-corrected chi connectivity index (χ4v) is 0.372. The number of likely N-dealkylation sites (N-methyl/N-ethyl adjacent to an activating group) is 2. The van der Waals surface area contributed by atoms with Crippen molar-refractivity contribution in [3.63, 3.8) is 0 Å². The van der Waals surface area contributed by atoms with Gasteiger partial charge in [0.15, 0.2) is 0 Å². The monoisotopic (exact) mass is 206 g/mol. The van der Waals surface area contributed by atoms with Crippen LogP contribution in [0, 0.1) is 0 Å². The van der Waals surface area contributed by atoms with Gasteiger partial charge in [-0.3, -0.25) is 14.5 Å². The van der Waals surface area contributed by atoms with Gasteiger partial charge in [-0.2, -0.15) is 0 Å². The Labute approximate surface area is 83.5 Å². The molecule has 84 valence electrons. The average Bonchev–Trinajstić information content (AvgIpc) is 2.03. The second-order valence-corrected chi connectivity index (χ2v) is 2.90. The largest absolute Gasteiger partial charge is 0.480 e. The van der Waals surface area contributed by atoms with Crippen LogP contribution >= 0.6 is 0 Å². The van der Waals surface area contributed by atoms with Crippen molar-refractivity contribution in [2.45, 2.75) is 13.0 Å². The Bertz CT molecular complexity index is 182. The molecule has 0 aromatic rings. The maximum absolute atomic E-state index is 10.1. The van der Waals surface area contributed by atoms with E-state index < -0.39 is 11.9 Å². The van der Waals surface area contributed by atoms with Crippen LogP contribution in [-0.2, 0) is 9.59 Å². The Balaban J connectivity index is 0. The molecule has 0 aliphatic carbocycles. The Kier molecular flexibility index (Phi) is 9.27. The van der Waals surface area contributed by atoms with Crippen LogP contribution in [0.1, 0.15) is 6.92 Å². The summed E-state index contributed by atoms with van der Waals surface area (Å²) in [5.74, 6) is -1.60. The molecule has 0 fully saturated rings. The third-order valence-electron chi connectivity index (χ3n) is 1.46. The number of aliphatic carboxylic acids is 2. The summed E-state index contributed by atoms with van der Waals surface area (Å²) in [5, 5.41) is 18.6. The molecule has 0 aromatic carbocycles. The fourth-order valence-electron chi connectivity index (χ4n) is 0.372. The summed E-state index contributed by atoms with van der Waals surface area (Å²) < 4.78 is 0. The molecule has 0 amide bonds. The normalized spacial score (nSPS) is 11.5. The van der Waals surface area contributed by atoms with E-state index in [4.69, 9.17) is 10.2 Å². The van der Waals surface area contributed by atoms with E-state index in [-0.39, 0.29) is 12.6 Å². The number of carboxylic acids is 2. The lowest BCUT2D eigenvalue weighted by Crippen LogP contribution is -2.32. The molecule has 0 spiro atoms. The first-order valence-electron chi connectivity index (χ1n) is 4.08. The van der Waals surface area contributed by atoms with Gasteiger partial charge in [-0.15, -0.1) is 0 Å². The molecular weight excluding hydrogens is 188 g/mol. The van der Waals surface area contributed by atoms with Crippen molar-refractivity contribution in [3.05, 3.63) is 0 Å². The molecule has 0 aliphatic rings. The van der Waals surface area contributed by atoms with Gasteiger partial charge in [0.05, 0.1) is 6.54 Å². The second kappa shape index (κ2) is 8.46. The lowest BCUT2D eigenvalue weighted by Gasteiger charge is -2.13. The van der Waals surface area contributed by atoms with Gasteiger partial charge in [-0.25, -0.2) is 0 Å². The maximum Gasteiger partial charge on any atom is 0.320 e. The summed E-state index contributed by atoms with van der Waals surface area (Å²) in [6, 6.07) is -0.380. The van der Waals surface area contributed by atoms with Crippen molar-refractivity contribution >= 4 is 11.9 Å². The molecule has 0 radical (unpaired) electrons. The maximum atomic E-state index is 10.1. The van der Waals surface area contributed by atoms with Gasteiger partial charge in [-0.1, -0.05) is 0 Å². The van der Waals surface area contributed by atoms with Crippen molar-refractivity contribution in [3.8, 4) is 0 Å². The minimum Gasteiger partial charge on any atom is -0.480 e. The molecule has 0 saturated heterocycles. The number of carboxylic acid groups (broad SMARTS) is 2. The van der Waals surface area contributed by atoms with Gasteiger partial charge in [0.2, 0.25) is 0 Å². The van der Waals surface area contributed by atoms with Crippen LogP contribution in [0.25, 0.3) is 0 Å². The molecule has 3 N–H and O–H groups in total. The molecule has 0 heterocycles. The molecule has 0 saturated carbocycles. The molecule has 1 atom stereocenters. The SMILES string of the molecule is CC(C(=O)O)N(C)C.CNCC(=O)O. The van der Waals surface area contributed by atoms with E-state index in [2.05, 4.69) is 5.32 Å². The summed E-state index contributed by atoms with van der Waals surface area (Å²) in [7, 11) is 5.06. The minimum atomic E-state index is -0.822. The Morgan fingerprint density at radius 2 is 1.79 bits per heavy atom. The summed E-state index contributed by atoms with van der Waals surface area (Å²) in [4.78, 5) is 21.3. The molecule has 6 nitrogen and oxygen atoms in total. The van der Waals surface area contributed by atoms with Crippen molar-refractivity contribution in [1.29, 1.82) is 0 Å². The van der Waals surface area contributed by atoms with Crippen LogP contribution in [0.2, 0.25) is 0 Å². The highest BCUT2D eigenvalue weighted by atomic mass is 16.4. The van der Waals surface area contributed by atoms with Gasteiger partial charge >= 0.3 is 11.9 Å². The van der Waals surface area contributed by atoms with Crippen LogP contribution < -0.4 is 5.32 Å². The zero-order valence-electron chi connectivity index (χ0n) is 8.94. The second-order valence-electron chi connectivity index (χ2n) is 2.90. The minimum absolute atomic E-state index is 0.0417. The first-order chi connectivity index (χ1) is 6.32. The van der Waals surface area contributed by atoms with Crippen LogP contribution in [0.4, 0.5) is 0 Å². The Hall–Kier alpha value is -1.14. The smallest absolute Gasteiger partial charge is 0.320 e. The number of carbonyl (C=O) groups is 2. The first-order valence-corrected chi connectivity index (χ1v) is 4.08.